The topological polar surface area (TPSA) is 132 Å². The number of nitrogens with two attached hydrogens (primary N) is 2. The van der Waals surface area contributed by atoms with E-state index in [0.717, 1.165) is 17.0 Å². The molecule has 3 heterocycles. The molecule has 31 heavy (non-hydrogen) atoms. The third-order valence-corrected chi connectivity index (χ3v) is 4.66. The number of nitrogens with zero attached hydrogens (tertiary/aromatic N) is 3. The van der Waals surface area contributed by atoms with Crippen LogP contribution < -0.4 is 22.1 Å². The lowest BCUT2D eigenvalue weighted by molar-refractivity contribution is 0.100. The van der Waals surface area contributed by atoms with Crippen molar-refractivity contribution in [1.29, 1.82) is 0 Å². The average molecular weight is 417 g/mol. The summed E-state index contributed by atoms with van der Waals surface area (Å²) >= 11 is 0. The number of carbonyl (C=O) groups is 1. The number of primary amides is 1. The predicted octanol–water partition coefficient (Wildman–Crippen LogP) is 3.12. The minimum Gasteiger partial charge on any atom is -0.366 e. The van der Waals surface area contributed by atoms with Gasteiger partial charge in [0, 0.05) is 30.0 Å². The van der Waals surface area contributed by atoms with Crippen molar-refractivity contribution in [3.05, 3.63) is 84.1 Å². The van der Waals surface area contributed by atoms with E-state index >= 15 is 0 Å². The monoisotopic (exact) mass is 417 g/mol. The first-order valence-corrected chi connectivity index (χ1v) is 9.54. The number of aromatic nitrogens is 3. The number of fused-ring (bicyclic) bond motifs is 1. The van der Waals surface area contributed by atoms with Crippen LogP contribution in [0.1, 0.15) is 22.1 Å². The van der Waals surface area contributed by atoms with Crippen molar-refractivity contribution in [2.75, 3.05) is 17.2 Å². The molecular formula is C22H20FN7O. The SMILES string of the molecule is NC(=O)c1cc(F)c(NCC(N)c2ccccn2)nc1Nc1ccc2ncccc2c1. The quantitative estimate of drug-likeness (QED) is 0.363. The summed E-state index contributed by atoms with van der Waals surface area (Å²) in [6.45, 7) is 0.192. The molecule has 1 aromatic carbocycles. The Morgan fingerprint density at radius 2 is 1.87 bits per heavy atom. The van der Waals surface area contributed by atoms with E-state index in [0.29, 0.717) is 11.4 Å². The van der Waals surface area contributed by atoms with Crippen molar-refractivity contribution in [2.24, 2.45) is 11.5 Å². The minimum atomic E-state index is -0.798. The fraction of sp³-hybridized carbons (Fsp3) is 0.0909. The van der Waals surface area contributed by atoms with Gasteiger partial charge >= 0.3 is 0 Å². The molecule has 0 saturated heterocycles. The number of benzene rings is 1. The normalized spacial score (nSPS) is 11.8. The Balaban J connectivity index is 1.60. The van der Waals surface area contributed by atoms with Crippen LogP contribution in [0.15, 0.2) is 67.0 Å². The zero-order valence-electron chi connectivity index (χ0n) is 16.4. The van der Waals surface area contributed by atoms with E-state index in [-0.39, 0.29) is 23.7 Å². The summed E-state index contributed by atoms with van der Waals surface area (Å²) in [6, 6.07) is 15.2. The number of hydrogen-bond acceptors (Lipinski definition) is 7. The average Bonchev–Trinajstić information content (AvgIpc) is 2.79. The molecule has 6 N–H and O–H groups in total. The number of pyridine rings is 3. The van der Waals surface area contributed by atoms with E-state index in [1.165, 1.54) is 0 Å². The van der Waals surface area contributed by atoms with Gasteiger partial charge in [-0.15, -0.1) is 0 Å². The maximum Gasteiger partial charge on any atom is 0.252 e. The highest BCUT2D eigenvalue weighted by molar-refractivity contribution is 5.99. The highest BCUT2D eigenvalue weighted by Gasteiger charge is 2.17. The van der Waals surface area contributed by atoms with E-state index in [2.05, 4.69) is 25.6 Å². The molecule has 156 valence electrons. The number of hydrogen-bond donors (Lipinski definition) is 4. The standard InChI is InChI=1S/C22H20FN7O/c23-16-11-15(20(25)31)21(29-14-6-7-18-13(10-14)4-3-9-26-18)30-22(16)28-12-17(24)19-5-1-2-8-27-19/h1-11,17H,12,24H2,(H2,25,31)(H2,28,29,30). The Kier molecular flexibility index (Phi) is 5.67. The van der Waals surface area contributed by atoms with Gasteiger partial charge in [0.25, 0.3) is 5.91 Å². The number of halogens is 1. The van der Waals surface area contributed by atoms with Crippen molar-refractivity contribution in [3.8, 4) is 0 Å². The highest BCUT2D eigenvalue weighted by Crippen LogP contribution is 2.26. The number of anilines is 3. The Bertz CT molecular complexity index is 1230. The van der Waals surface area contributed by atoms with Crippen molar-refractivity contribution in [1.82, 2.24) is 15.0 Å². The predicted molar refractivity (Wildman–Crippen MR) is 117 cm³/mol. The Hall–Kier alpha value is -4.11. The van der Waals surface area contributed by atoms with Crippen LogP contribution in [0.3, 0.4) is 0 Å². The van der Waals surface area contributed by atoms with Gasteiger partial charge in [-0.3, -0.25) is 14.8 Å². The van der Waals surface area contributed by atoms with Gasteiger partial charge in [-0.25, -0.2) is 9.37 Å². The van der Waals surface area contributed by atoms with Crippen LogP contribution in [0.25, 0.3) is 10.9 Å². The Morgan fingerprint density at radius 3 is 2.65 bits per heavy atom. The van der Waals surface area contributed by atoms with E-state index in [1.54, 1.807) is 30.6 Å². The number of nitrogens with one attached hydrogen (secondary N) is 2. The summed E-state index contributed by atoms with van der Waals surface area (Å²) in [4.78, 5) is 24.6. The first kappa shape index (κ1) is 20.2. The summed E-state index contributed by atoms with van der Waals surface area (Å²) in [6.07, 6.45) is 3.34. The van der Waals surface area contributed by atoms with Gasteiger partial charge in [-0.2, -0.15) is 0 Å². The highest BCUT2D eigenvalue weighted by atomic mass is 19.1. The first-order chi connectivity index (χ1) is 15.0. The lowest BCUT2D eigenvalue weighted by Crippen LogP contribution is -2.23. The zero-order valence-corrected chi connectivity index (χ0v) is 16.4. The van der Waals surface area contributed by atoms with Crippen molar-refractivity contribution in [2.45, 2.75) is 6.04 Å². The Labute approximate surface area is 177 Å². The molecule has 3 aromatic heterocycles. The fourth-order valence-corrected chi connectivity index (χ4v) is 3.09. The Morgan fingerprint density at radius 1 is 1.03 bits per heavy atom. The van der Waals surface area contributed by atoms with Crippen molar-refractivity contribution in [3.63, 3.8) is 0 Å². The second kappa shape index (κ2) is 8.72. The molecule has 1 atom stereocenters. The van der Waals surface area contributed by atoms with Crippen molar-refractivity contribution >= 4 is 34.1 Å². The molecule has 0 aliphatic carbocycles. The molecule has 4 aromatic rings. The van der Waals surface area contributed by atoms with E-state index in [4.69, 9.17) is 11.5 Å². The van der Waals surface area contributed by atoms with Crippen LogP contribution in [0.5, 0.6) is 0 Å². The van der Waals surface area contributed by atoms with E-state index < -0.39 is 17.8 Å². The minimum absolute atomic E-state index is 0.0543. The van der Waals surface area contributed by atoms with Gasteiger partial charge in [0.2, 0.25) is 0 Å². The maximum absolute atomic E-state index is 14.6. The molecule has 0 aliphatic rings. The molecule has 1 unspecified atom stereocenters. The summed E-state index contributed by atoms with van der Waals surface area (Å²) in [5, 5.41) is 6.82. The van der Waals surface area contributed by atoms with Gasteiger partial charge in [-0.1, -0.05) is 12.1 Å². The van der Waals surface area contributed by atoms with Gasteiger partial charge in [-0.05, 0) is 42.5 Å². The smallest absolute Gasteiger partial charge is 0.252 e. The molecule has 0 spiro atoms. The van der Waals surface area contributed by atoms with Crippen LogP contribution in [-0.4, -0.2) is 27.4 Å². The molecule has 4 rings (SSSR count). The maximum atomic E-state index is 14.6. The summed E-state index contributed by atoms with van der Waals surface area (Å²) < 4.78 is 14.6. The summed E-state index contributed by atoms with van der Waals surface area (Å²) in [7, 11) is 0. The van der Waals surface area contributed by atoms with Crippen LogP contribution in [0.2, 0.25) is 0 Å². The van der Waals surface area contributed by atoms with Crippen LogP contribution in [-0.2, 0) is 0 Å². The number of rotatable bonds is 7. The lowest BCUT2D eigenvalue weighted by atomic mass is 10.1. The number of carbonyl (C=O) groups excluding carboxylic acids is 1. The van der Waals surface area contributed by atoms with Crippen molar-refractivity contribution < 1.29 is 9.18 Å². The molecule has 8 nitrogen and oxygen atoms in total. The summed E-state index contributed by atoms with van der Waals surface area (Å²) in [5.41, 5.74) is 13.6. The summed E-state index contributed by atoms with van der Waals surface area (Å²) in [5.74, 6) is -1.43. The van der Waals surface area contributed by atoms with Crippen LogP contribution >= 0.6 is 0 Å². The molecule has 0 fully saturated rings. The van der Waals surface area contributed by atoms with Gasteiger partial charge in [0.15, 0.2) is 11.6 Å². The van der Waals surface area contributed by atoms with Crippen LogP contribution in [0, 0.1) is 5.82 Å². The third kappa shape index (κ3) is 4.57. The molecule has 0 aliphatic heterocycles. The second-order valence-corrected chi connectivity index (χ2v) is 6.86. The second-order valence-electron chi connectivity index (χ2n) is 6.86. The molecular weight excluding hydrogens is 397 g/mol. The van der Waals surface area contributed by atoms with E-state index in [9.17, 15) is 9.18 Å². The van der Waals surface area contributed by atoms with Gasteiger partial charge < -0.3 is 22.1 Å². The largest absolute Gasteiger partial charge is 0.366 e. The first-order valence-electron chi connectivity index (χ1n) is 9.54. The zero-order chi connectivity index (χ0) is 21.8. The van der Waals surface area contributed by atoms with Crippen LogP contribution in [0.4, 0.5) is 21.7 Å². The molecule has 9 heteroatoms. The molecule has 0 radical (unpaired) electrons. The fourth-order valence-electron chi connectivity index (χ4n) is 3.09. The van der Waals surface area contributed by atoms with Gasteiger partial charge in [0.1, 0.15) is 5.82 Å². The third-order valence-electron chi connectivity index (χ3n) is 4.66. The molecule has 0 bridgehead atoms. The molecule has 1 amide bonds. The van der Waals surface area contributed by atoms with E-state index in [1.807, 2.05) is 30.3 Å². The molecule has 0 saturated carbocycles. The number of amides is 1. The lowest BCUT2D eigenvalue weighted by Gasteiger charge is -2.16. The van der Waals surface area contributed by atoms with Gasteiger partial charge in [0.05, 0.1) is 22.8 Å².